The summed E-state index contributed by atoms with van der Waals surface area (Å²) in [5.74, 6) is -2.37. The van der Waals surface area contributed by atoms with Crippen LogP contribution in [0.1, 0.15) is 38.7 Å². The van der Waals surface area contributed by atoms with Crippen molar-refractivity contribution >= 4 is 17.7 Å². The van der Waals surface area contributed by atoms with Gasteiger partial charge in [-0.25, -0.2) is 4.79 Å². The summed E-state index contributed by atoms with van der Waals surface area (Å²) in [4.78, 5) is 33.7. The van der Waals surface area contributed by atoms with E-state index in [4.69, 9.17) is 14.7 Å². The minimum atomic E-state index is -0.735. The minimum absolute atomic E-state index is 0.0152. The van der Waals surface area contributed by atoms with Gasteiger partial charge in [0.25, 0.3) is 0 Å². The number of pyridine rings is 1. The molecule has 0 N–H and O–H groups in total. The van der Waals surface area contributed by atoms with Crippen LogP contribution in [0.5, 0.6) is 0 Å². The van der Waals surface area contributed by atoms with Crippen molar-refractivity contribution in [3.63, 3.8) is 0 Å². The Kier molecular flexibility index (Phi) is 6.61. The number of hydrogen-bond acceptors (Lipinski definition) is 7. The van der Waals surface area contributed by atoms with Gasteiger partial charge in [-0.2, -0.15) is 5.26 Å². The van der Waals surface area contributed by atoms with E-state index >= 15 is 0 Å². The fourth-order valence-corrected chi connectivity index (χ4v) is 3.03. The van der Waals surface area contributed by atoms with Crippen LogP contribution in [0.3, 0.4) is 0 Å². The molecule has 0 amide bonds. The second-order valence-corrected chi connectivity index (χ2v) is 5.79. The number of nitrogens with zero attached hydrogens (tertiary/aromatic N) is 3. The molecule has 1 aliphatic heterocycles. The van der Waals surface area contributed by atoms with Crippen molar-refractivity contribution in [3.05, 3.63) is 41.4 Å². The van der Waals surface area contributed by atoms with Gasteiger partial charge in [0.1, 0.15) is 12.5 Å². The molecule has 1 aromatic rings. The summed E-state index contributed by atoms with van der Waals surface area (Å²) < 4.78 is 10.4. The molecule has 0 aliphatic carbocycles. The van der Waals surface area contributed by atoms with Gasteiger partial charge in [0.15, 0.2) is 0 Å². The molecule has 0 saturated heterocycles. The first-order valence-electron chi connectivity index (χ1n) is 8.37. The molecule has 0 fully saturated rings. The molecule has 7 nitrogen and oxygen atoms in total. The molecule has 0 radical (unpaired) electrons. The first-order chi connectivity index (χ1) is 12.5. The monoisotopic (exact) mass is 355 g/mol. The van der Waals surface area contributed by atoms with E-state index in [0.717, 1.165) is 0 Å². The SMILES string of the molecule is CCOC(=O)C1C(C)=NC(C)=C(C(=O)OCCC#N)C1c1cccnc1. The molecule has 0 spiro atoms. The van der Waals surface area contributed by atoms with E-state index in [1.807, 2.05) is 6.07 Å². The maximum atomic E-state index is 12.7. The predicted octanol–water partition coefficient (Wildman–Crippen LogP) is 2.55. The van der Waals surface area contributed by atoms with Crippen LogP contribution >= 0.6 is 0 Å². The van der Waals surface area contributed by atoms with Crippen LogP contribution < -0.4 is 0 Å². The van der Waals surface area contributed by atoms with Crippen molar-refractivity contribution in [2.24, 2.45) is 10.9 Å². The average Bonchev–Trinajstić information content (AvgIpc) is 2.62. The minimum Gasteiger partial charge on any atom is -0.465 e. The second kappa shape index (κ2) is 8.90. The normalized spacial score (nSPS) is 19.4. The molecule has 2 heterocycles. The van der Waals surface area contributed by atoms with Crippen molar-refractivity contribution < 1.29 is 19.1 Å². The number of ether oxygens (including phenoxy) is 2. The second-order valence-electron chi connectivity index (χ2n) is 5.79. The van der Waals surface area contributed by atoms with E-state index in [9.17, 15) is 9.59 Å². The average molecular weight is 355 g/mol. The maximum Gasteiger partial charge on any atom is 0.336 e. The number of hydrogen-bond donors (Lipinski definition) is 0. The summed E-state index contributed by atoms with van der Waals surface area (Å²) in [6.07, 6.45) is 3.33. The van der Waals surface area contributed by atoms with Gasteiger partial charge < -0.3 is 9.47 Å². The number of esters is 2. The Morgan fingerprint density at radius 2 is 2.08 bits per heavy atom. The number of aliphatic imine (C=N–C) groups is 1. The Bertz CT molecular complexity index is 778. The Morgan fingerprint density at radius 1 is 1.31 bits per heavy atom. The lowest BCUT2D eigenvalue weighted by Crippen LogP contribution is -2.36. The van der Waals surface area contributed by atoms with Gasteiger partial charge in [0.2, 0.25) is 0 Å². The molecule has 1 aliphatic rings. The molecule has 7 heteroatoms. The van der Waals surface area contributed by atoms with Gasteiger partial charge in [-0.3, -0.25) is 14.8 Å². The number of allylic oxidation sites excluding steroid dienone is 1. The lowest BCUT2D eigenvalue weighted by molar-refractivity contribution is -0.146. The van der Waals surface area contributed by atoms with E-state index in [2.05, 4.69) is 9.98 Å². The Balaban J connectivity index is 2.50. The van der Waals surface area contributed by atoms with Crippen LogP contribution in [0.4, 0.5) is 0 Å². The first-order valence-corrected chi connectivity index (χ1v) is 8.37. The summed E-state index contributed by atoms with van der Waals surface area (Å²) in [5, 5.41) is 8.64. The van der Waals surface area contributed by atoms with E-state index < -0.39 is 23.8 Å². The smallest absolute Gasteiger partial charge is 0.336 e. The van der Waals surface area contributed by atoms with Crippen LogP contribution in [0, 0.1) is 17.2 Å². The molecular formula is C19H21N3O4. The van der Waals surface area contributed by atoms with Crippen LogP contribution in [0.2, 0.25) is 0 Å². The van der Waals surface area contributed by atoms with Gasteiger partial charge >= 0.3 is 11.9 Å². The summed E-state index contributed by atoms with van der Waals surface area (Å²) in [5.41, 5.74) is 2.05. The van der Waals surface area contributed by atoms with E-state index in [1.165, 1.54) is 0 Å². The number of carbonyl (C=O) groups is 2. The van der Waals surface area contributed by atoms with Crippen LogP contribution in [0.25, 0.3) is 0 Å². The number of carbonyl (C=O) groups excluding carboxylic acids is 2. The summed E-state index contributed by atoms with van der Waals surface area (Å²) in [7, 11) is 0. The Labute approximate surface area is 152 Å². The molecule has 26 heavy (non-hydrogen) atoms. The molecule has 2 unspecified atom stereocenters. The quantitative estimate of drug-likeness (QED) is 0.574. The van der Waals surface area contributed by atoms with E-state index in [-0.39, 0.29) is 19.6 Å². The van der Waals surface area contributed by atoms with Gasteiger partial charge in [0, 0.05) is 29.7 Å². The van der Waals surface area contributed by atoms with Gasteiger partial charge in [-0.1, -0.05) is 6.07 Å². The molecule has 136 valence electrons. The first kappa shape index (κ1) is 19.3. The van der Waals surface area contributed by atoms with Crippen molar-refractivity contribution in [1.82, 2.24) is 4.98 Å². The van der Waals surface area contributed by atoms with Gasteiger partial charge in [-0.15, -0.1) is 0 Å². The summed E-state index contributed by atoms with van der Waals surface area (Å²) in [6.45, 7) is 5.39. The summed E-state index contributed by atoms with van der Waals surface area (Å²) >= 11 is 0. The summed E-state index contributed by atoms with van der Waals surface area (Å²) in [6, 6.07) is 5.47. The van der Waals surface area contributed by atoms with Crippen molar-refractivity contribution in [2.45, 2.75) is 33.1 Å². The standard InChI is InChI=1S/C19H21N3O4/c1-4-25-18(23)15-12(2)22-13(3)16(19(24)26-10-6-8-20)17(15)14-7-5-9-21-11-14/h5,7,9,11,15,17H,4,6,10H2,1-3H3. The highest BCUT2D eigenvalue weighted by Crippen LogP contribution is 2.39. The molecule has 0 aromatic carbocycles. The number of rotatable bonds is 6. The van der Waals surface area contributed by atoms with Crippen molar-refractivity contribution in [2.75, 3.05) is 13.2 Å². The van der Waals surface area contributed by atoms with Crippen LogP contribution in [-0.2, 0) is 19.1 Å². The fraction of sp³-hybridized carbons (Fsp3) is 0.421. The van der Waals surface area contributed by atoms with Crippen molar-refractivity contribution in [1.29, 1.82) is 5.26 Å². The number of aromatic nitrogens is 1. The van der Waals surface area contributed by atoms with E-state index in [1.54, 1.807) is 45.3 Å². The highest BCUT2D eigenvalue weighted by molar-refractivity contribution is 6.06. The Hall–Kier alpha value is -3.01. The lowest BCUT2D eigenvalue weighted by Gasteiger charge is -2.31. The third-order valence-corrected chi connectivity index (χ3v) is 4.08. The third-order valence-electron chi connectivity index (χ3n) is 4.08. The highest BCUT2D eigenvalue weighted by atomic mass is 16.5. The zero-order valence-electron chi connectivity index (χ0n) is 15.1. The largest absolute Gasteiger partial charge is 0.465 e. The van der Waals surface area contributed by atoms with Gasteiger partial charge in [0.05, 0.1) is 24.7 Å². The molecule has 0 bridgehead atoms. The molecular weight excluding hydrogens is 334 g/mol. The topological polar surface area (TPSA) is 102 Å². The van der Waals surface area contributed by atoms with Gasteiger partial charge in [-0.05, 0) is 32.4 Å². The van der Waals surface area contributed by atoms with Crippen LogP contribution in [0.15, 0.2) is 40.8 Å². The zero-order valence-corrected chi connectivity index (χ0v) is 15.1. The fourth-order valence-electron chi connectivity index (χ4n) is 3.03. The third kappa shape index (κ3) is 4.14. The highest BCUT2D eigenvalue weighted by Gasteiger charge is 2.42. The molecule has 0 saturated carbocycles. The lowest BCUT2D eigenvalue weighted by atomic mass is 9.76. The number of nitriles is 1. The molecule has 1 aromatic heterocycles. The Morgan fingerprint density at radius 3 is 2.69 bits per heavy atom. The predicted molar refractivity (Wildman–Crippen MR) is 94.1 cm³/mol. The van der Waals surface area contributed by atoms with Crippen molar-refractivity contribution in [3.8, 4) is 6.07 Å². The molecule has 2 atom stereocenters. The van der Waals surface area contributed by atoms with Crippen LogP contribution in [-0.4, -0.2) is 35.8 Å². The maximum absolute atomic E-state index is 12.7. The molecule has 2 rings (SSSR count). The zero-order chi connectivity index (χ0) is 19.1. The van der Waals surface area contributed by atoms with E-state index in [0.29, 0.717) is 22.5 Å².